The fraction of sp³-hybridized carbons (Fsp3) is 0.852. The highest BCUT2D eigenvalue weighted by Crippen LogP contribution is 2.46. The van der Waals surface area contributed by atoms with Crippen molar-refractivity contribution in [1.82, 2.24) is 10.2 Å². The molecule has 0 spiro atoms. The van der Waals surface area contributed by atoms with E-state index in [1.54, 1.807) is 4.90 Å². The number of rotatable bonds is 12. The number of ketones is 1. The van der Waals surface area contributed by atoms with Crippen LogP contribution in [0.1, 0.15) is 99.3 Å². The number of nitrogens with one attached hydrogen (secondary N) is 1. The molecule has 0 aromatic heterocycles. The van der Waals surface area contributed by atoms with Crippen molar-refractivity contribution < 1.29 is 19.2 Å². The van der Waals surface area contributed by atoms with Gasteiger partial charge in [0.15, 0.2) is 0 Å². The molecule has 2 fully saturated rings. The van der Waals surface area contributed by atoms with E-state index in [1.807, 2.05) is 20.8 Å². The first-order valence-corrected chi connectivity index (χ1v) is 13.4. The van der Waals surface area contributed by atoms with E-state index in [4.69, 9.17) is 11.5 Å². The van der Waals surface area contributed by atoms with Crippen molar-refractivity contribution >= 4 is 23.5 Å². The summed E-state index contributed by atoms with van der Waals surface area (Å²) in [5.41, 5.74) is 11.0. The second-order valence-corrected chi connectivity index (χ2v) is 12.3. The van der Waals surface area contributed by atoms with E-state index in [9.17, 15) is 19.2 Å². The summed E-state index contributed by atoms with van der Waals surface area (Å²) >= 11 is 0. The molecule has 5 N–H and O–H groups in total. The molecule has 1 saturated heterocycles. The maximum atomic E-state index is 13.6. The molecule has 0 bridgehead atoms. The fourth-order valence-electron chi connectivity index (χ4n) is 5.37. The van der Waals surface area contributed by atoms with Gasteiger partial charge in [0.1, 0.15) is 6.04 Å². The van der Waals surface area contributed by atoms with Crippen LogP contribution in [0.5, 0.6) is 0 Å². The SMILES string of the molecule is CCCCC[C@]1(C(C)C)C[C@@H](C(=O)NC(CC2CCC2)C(=O)C(N)=O)N(C(=O)[C@@H](N)C(C)(C)C)C1. The lowest BCUT2D eigenvalue weighted by Gasteiger charge is -2.35. The molecule has 1 aliphatic carbocycles. The third kappa shape index (κ3) is 7.05. The van der Waals surface area contributed by atoms with Gasteiger partial charge in [0.05, 0.1) is 12.1 Å². The van der Waals surface area contributed by atoms with Gasteiger partial charge in [-0.25, -0.2) is 0 Å². The number of nitrogens with two attached hydrogens (primary N) is 2. The van der Waals surface area contributed by atoms with Crippen molar-refractivity contribution in [3.8, 4) is 0 Å². The van der Waals surface area contributed by atoms with Crippen LogP contribution in [0.15, 0.2) is 0 Å². The molecule has 2 rings (SSSR count). The minimum atomic E-state index is -1.04. The van der Waals surface area contributed by atoms with E-state index in [2.05, 4.69) is 26.1 Å². The highest BCUT2D eigenvalue weighted by Gasteiger charge is 2.51. The van der Waals surface area contributed by atoms with E-state index in [-0.39, 0.29) is 17.2 Å². The minimum absolute atomic E-state index is 0.207. The summed E-state index contributed by atoms with van der Waals surface area (Å²) in [5.74, 6) is -1.89. The zero-order valence-corrected chi connectivity index (χ0v) is 22.7. The van der Waals surface area contributed by atoms with E-state index in [0.717, 1.165) is 44.9 Å². The van der Waals surface area contributed by atoms with Crippen LogP contribution in [-0.2, 0) is 19.2 Å². The van der Waals surface area contributed by atoms with Gasteiger partial charge < -0.3 is 21.7 Å². The Kier molecular flexibility index (Phi) is 9.91. The predicted octanol–water partition coefficient (Wildman–Crippen LogP) is 2.91. The summed E-state index contributed by atoms with van der Waals surface area (Å²) in [6, 6.07) is -2.44. The molecule has 8 nitrogen and oxygen atoms in total. The molecule has 35 heavy (non-hydrogen) atoms. The number of primary amides is 1. The van der Waals surface area contributed by atoms with Gasteiger partial charge in [-0.2, -0.15) is 0 Å². The Morgan fingerprint density at radius 2 is 1.74 bits per heavy atom. The van der Waals surface area contributed by atoms with Gasteiger partial charge >= 0.3 is 0 Å². The lowest BCUT2D eigenvalue weighted by Crippen LogP contribution is -2.57. The molecule has 0 aromatic carbocycles. The minimum Gasteiger partial charge on any atom is -0.363 e. The number of carbonyl (C=O) groups excluding carboxylic acids is 4. The Balaban J connectivity index is 2.34. The highest BCUT2D eigenvalue weighted by molar-refractivity contribution is 6.37. The molecule has 4 atom stereocenters. The van der Waals surface area contributed by atoms with E-state index in [0.29, 0.717) is 25.3 Å². The average Bonchev–Trinajstić information content (AvgIpc) is 3.14. The van der Waals surface area contributed by atoms with Gasteiger partial charge in [-0.3, -0.25) is 19.2 Å². The Hall–Kier alpha value is -1.96. The van der Waals surface area contributed by atoms with Crippen molar-refractivity contribution in [2.45, 2.75) is 117 Å². The quantitative estimate of drug-likeness (QED) is 0.284. The van der Waals surface area contributed by atoms with Gasteiger partial charge in [-0.1, -0.05) is 80.1 Å². The number of nitrogens with zero attached hydrogens (tertiary/aromatic N) is 1. The van der Waals surface area contributed by atoms with E-state index in [1.165, 1.54) is 0 Å². The van der Waals surface area contributed by atoms with E-state index < -0.39 is 41.1 Å². The molecular weight excluding hydrogens is 444 g/mol. The zero-order chi connectivity index (χ0) is 26.6. The Morgan fingerprint density at radius 1 is 1.11 bits per heavy atom. The molecule has 2 aliphatic rings. The number of hydrogen-bond donors (Lipinski definition) is 3. The summed E-state index contributed by atoms with van der Waals surface area (Å²) in [7, 11) is 0. The van der Waals surface area contributed by atoms with Crippen LogP contribution in [-0.4, -0.2) is 53.1 Å². The Bertz CT molecular complexity index is 787. The van der Waals surface area contributed by atoms with Crippen LogP contribution in [0.2, 0.25) is 0 Å². The molecule has 1 saturated carbocycles. The fourth-order valence-corrected chi connectivity index (χ4v) is 5.37. The second-order valence-electron chi connectivity index (χ2n) is 12.3. The number of Topliss-reactive ketones (excluding diaryl/α,β-unsaturated/α-hetero) is 1. The molecule has 8 heteroatoms. The first-order chi connectivity index (χ1) is 16.2. The smallest absolute Gasteiger partial charge is 0.287 e. The highest BCUT2D eigenvalue weighted by atomic mass is 16.2. The third-order valence-electron chi connectivity index (χ3n) is 8.42. The summed E-state index contributed by atoms with van der Waals surface area (Å²) in [6.07, 6.45) is 8.08. The number of amides is 3. The molecule has 1 heterocycles. The lowest BCUT2D eigenvalue weighted by molar-refractivity contribution is -0.143. The molecular formula is C27H48N4O4. The van der Waals surface area contributed by atoms with Crippen LogP contribution in [0.25, 0.3) is 0 Å². The normalized spacial score (nSPS) is 24.7. The first-order valence-electron chi connectivity index (χ1n) is 13.4. The van der Waals surface area contributed by atoms with Crippen LogP contribution in [0.3, 0.4) is 0 Å². The lowest BCUT2D eigenvalue weighted by atomic mass is 9.71. The van der Waals surface area contributed by atoms with Crippen LogP contribution >= 0.6 is 0 Å². The summed E-state index contributed by atoms with van der Waals surface area (Å²) < 4.78 is 0. The number of carbonyl (C=O) groups is 4. The number of likely N-dealkylation sites (tertiary alicyclic amines) is 1. The molecule has 200 valence electrons. The number of hydrogen-bond acceptors (Lipinski definition) is 5. The van der Waals surface area contributed by atoms with Crippen molar-refractivity contribution in [3.63, 3.8) is 0 Å². The maximum Gasteiger partial charge on any atom is 0.287 e. The zero-order valence-electron chi connectivity index (χ0n) is 22.7. The second kappa shape index (κ2) is 11.8. The maximum absolute atomic E-state index is 13.6. The number of unbranched alkanes of at least 4 members (excludes halogenated alkanes) is 2. The van der Waals surface area contributed by atoms with Gasteiger partial charge in [-0.05, 0) is 41.9 Å². The summed E-state index contributed by atoms with van der Waals surface area (Å²) in [4.78, 5) is 53.1. The Labute approximate surface area is 211 Å². The largest absolute Gasteiger partial charge is 0.363 e. The monoisotopic (exact) mass is 492 g/mol. The van der Waals surface area contributed by atoms with Crippen molar-refractivity contribution in [1.29, 1.82) is 0 Å². The van der Waals surface area contributed by atoms with E-state index >= 15 is 0 Å². The Morgan fingerprint density at radius 3 is 2.20 bits per heavy atom. The third-order valence-corrected chi connectivity index (χ3v) is 8.42. The van der Waals surface area contributed by atoms with Crippen molar-refractivity contribution in [3.05, 3.63) is 0 Å². The molecule has 0 aromatic rings. The average molecular weight is 493 g/mol. The first kappa shape index (κ1) is 29.3. The van der Waals surface area contributed by atoms with Crippen LogP contribution in [0, 0.1) is 22.7 Å². The molecule has 1 aliphatic heterocycles. The van der Waals surface area contributed by atoms with Gasteiger partial charge in [0.2, 0.25) is 17.6 Å². The van der Waals surface area contributed by atoms with Crippen LogP contribution < -0.4 is 16.8 Å². The standard InChI is InChI=1S/C27H48N4O4/c1-7-8-9-13-27(17(2)3)15-20(31(16-27)25(35)22(28)26(4,5)6)24(34)30-19(21(32)23(29)33)14-18-11-10-12-18/h17-20,22H,7-16,28H2,1-6H3,(H2,29,33)(H,30,34)/t19?,20-,22+,27-/m0/s1. The molecule has 0 radical (unpaired) electrons. The van der Waals surface area contributed by atoms with Crippen molar-refractivity contribution in [2.75, 3.05) is 6.54 Å². The molecule has 1 unspecified atom stereocenters. The summed E-state index contributed by atoms with van der Waals surface area (Å²) in [6.45, 7) is 12.7. The predicted molar refractivity (Wildman–Crippen MR) is 137 cm³/mol. The van der Waals surface area contributed by atoms with Crippen molar-refractivity contribution in [2.24, 2.45) is 34.1 Å². The summed E-state index contributed by atoms with van der Waals surface area (Å²) in [5, 5.41) is 2.82. The van der Waals surface area contributed by atoms with Gasteiger partial charge in [0, 0.05) is 6.54 Å². The van der Waals surface area contributed by atoms with Gasteiger partial charge in [-0.15, -0.1) is 0 Å². The topological polar surface area (TPSA) is 136 Å². The van der Waals surface area contributed by atoms with Gasteiger partial charge in [0.25, 0.3) is 5.91 Å². The molecule has 3 amide bonds. The van der Waals surface area contributed by atoms with Crippen LogP contribution in [0.4, 0.5) is 0 Å².